The number of hydrogen-bond acceptors (Lipinski definition) is 2. The van der Waals surface area contributed by atoms with Crippen molar-refractivity contribution in [3.05, 3.63) is 47.2 Å². The minimum absolute atomic E-state index is 0.0639. The molecule has 0 aliphatic heterocycles. The predicted octanol–water partition coefficient (Wildman–Crippen LogP) is 3.06. The summed E-state index contributed by atoms with van der Waals surface area (Å²) in [7, 11) is 0. The lowest BCUT2D eigenvalue weighted by Gasteiger charge is -2.03. The molecule has 0 spiro atoms. The Morgan fingerprint density at radius 3 is 2.53 bits per heavy atom. The van der Waals surface area contributed by atoms with Crippen molar-refractivity contribution < 1.29 is 9.52 Å². The lowest BCUT2D eigenvalue weighted by atomic mass is 10.1. The minimum atomic E-state index is 0.0639. The Balaban J connectivity index is 2.48. The number of aryl methyl sites for hydroxylation is 2. The maximum Gasteiger partial charge on any atom is 0.134 e. The van der Waals surface area contributed by atoms with Crippen LogP contribution < -0.4 is 0 Å². The van der Waals surface area contributed by atoms with Crippen LogP contribution in [0.25, 0.3) is 11.3 Å². The van der Waals surface area contributed by atoms with Crippen molar-refractivity contribution in [2.75, 3.05) is 0 Å². The fraction of sp³-hybridized carbons (Fsp3) is 0.231. The lowest BCUT2D eigenvalue weighted by Crippen LogP contribution is -1.86. The average molecular weight is 202 g/mol. The molecule has 1 N–H and O–H groups in total. The number of aliphatic hydroxyl groups is 1. The van der Waals surface area contributed by atoms with Crippen LogP contribution in [0.15, 0.2) is 34.7 Å². The number of rotatable bonds is 2. The van der Waals surface area contributed by atoms with Crippen LogP contribution in [0.4, 0.5) is 0 Å². The van der Waals surface area contributed by atoms with Crippen LogP contribution in [0.3, 0.4) is 0 Å². The maximum atomic E-state index is 9.11. The highest BCUT2D eigenvalue weighted by molar-refractivity contribution is 5.59. The molecule has 0 atom stereocenters. The maximum absolute atomic E-state index is 9.11. The first kappa shape index (κ1) is 9.99. The first-order valence-corrected chi connectivity index (χ1v) is 4.97. The summed E-state index contributed by atoms with van der Waals surface area (Å²) >= 11 is 0. The van der Waals surface area contributed by atoms with Crippen molar-refractivity contribution in [2.45, 2.75) is 20.5 Å². The van der Waals surface area contributed by atoms with Gasteiger partial charge in [-0.25, -0.2) is 0 Å². The van der Waals surface area contributed by atoms with Gasteiger partial charge in [0.1, 0.15) is 11.5 Å². The zero-order chi connectivity index (χ0) is 10.8. The Bertz CT molecular complexity index is 469. The second-order valence-electron chi connectivity index (χ2n) is 3.78. The van der Waals surface area contributed by atoms with Gasteiger partial charge in [-0.15, -0.1) is 0 Å². The molecule has 1 aromatic heterocycles. The van der Waals surface area contributed by atoms with Gasteiger partial charge in [-0.3, -0.25) is 0 Å². The van der Waals surface area contributed by atoms with E-state index >= 15 is 0 Å². The van der Waals surface area contributed by atoms with Crippen LogP contribution in [-0.2, 0) is 6.61 Å². The largest absolute Gasteiger partial charge is 0.461 e. The monoisotopic (exact) mass is 202 g/mol. The minimum Gasteiger partial charge on any atom is -0.461 e. The van der Waals surface area contributed by atoms with Gasteiger partial charge < -0.3 is 9.52 Å². The molecule has 2 heteroatoms. The molecule has 0 fully saturated rings. The van der Waals surface area contributed by atoms with E-state index in [1.807, 2.05) is 38.1 Å². The lowest BCUT2D eigenvalue weighted by molar-refractivity contribution is 0.282. The standard InChI is InChI=1S/C13H14O2/c1-9-5-11(8-14)7-12(6-9)13-4-3-10(2)15-13/h3-7,14H,8H2,1-2H3. The number of hydrogen-bond donors (Lipinski definition) is 1. The van der Waals surface area contributed by atoms with Gasteiger partial charge in [-0.05, 0) is 43.7 Å². The Hall–Kier alpha value is -1.54. The summed E-state index contributed by atoms with van der Waals surface area (Å²) in [6.45, 7) is 4.00. The second-order valence-corrected chi connectivity index (χ2v) is 3.78. The summed E-state index contributed by atoms with van der Waals surface area (Å²) in [5.74, 6) is 1.75. The zero-order valence-corrected chi connectivity index (χ0v) is 8.95. The van der Waals surface area contributed by atoms with Crippen LogP contribution in [0.2, 0.25) is 0 Å². The van der Waals surface area contributed by atoms with Crippen LogP contribution in [0, 0.1) is 13.8 Å². The third kappa shape index (κ3) is 2.10. The van der Waals surface area contributed by atoms with E-state index in [0.29, 0.717) is 0 Å². The molecule has 15 heavy (non-hydrogen) atoms. The molecule has 1 aromatic carbocycles. The van der Waals surface area contributed by atoms with Gasteiger partial charge in [0.05, 0.1) is 6.61 Å². The topological polar surface area (TPSA) is 33.4 Å². The van der Waals surface area contributed by atoms with Gasteiger partial charge in [0.2, 0.25) is 0 Å². The van der Waals surface area contributed by atoms with Crippen molar-refractivity contribution in [3.63, 3.8) is 0 Å². The quantitative estimate of drug-likeness (QED) is 0.811. The van der Waals surface area contributed by atoms with E-state index in [0.717, 1.165) is 28.2 Å². The second kappa shape index (κ2) is 3.91. The molecule has 0 unspecified atom stereocenters. The van der Waals surface area contributed by atoms with Crippen molar-refractivity contribution in [1.82, 2.24) is 0 Å². The zero-order valence-electron chi connectivity index (χ0n) is 8.95. The number of aliphatic hydroxyl groups excluding tert-OH is 1. The molecule has 2 rings (SSSR count). The van der Waals surface area contributed by atoms with Crippen LogP contribution in [0.5, 0.6) is 0 Å². The van der Waals surface area contributed by atoms with Crippen molar-refractivity contribution in [3.8, 4) is 11.3 Å². The summed E-state index contributed by atoms with van der Waals surface area (Å²) in [6, 6.07) is 9.86. The first-order chi connectivity index (χ1) is 7.19. The third-order valence-electron chi connectivity index (χ3n) is 2.34. The van der Waals surface area contributed by atoms with E-state index in [2.05, 4.69) is 6.07 Å². The summed E-state index contributed by atoms with van der Waals surface area (Å²) in [6.07, 6.45) is 0. The molecule has 0 saturated carbocycles. The predicted molar refractivity (Wildman–Crippen MR) is 59.5 cm³/mol. The number of furan rings is 1. The highest BCUT2D eigenvalue weighted by atomic mass is 16.3. The van der Waals surface area contributed by atoms with E-state index in [-0.39, 0.29) is 6.61 Å². The van der Waals surface area contributed by atoms with Gasteiger partial charge in [-0.2, -0.15) is 0 Å². The van der Waals surface area contributed by atoms with Gasteiger partial charge in [0.15, 0.2) is 0 Å². The van der Waals surface area contributed by atoms with Gasteiger partial charge in [0.25, 0.3) is 0 Å². The van der Waals surface area contributed by atoms with Crippen LogP contribution in [-0.4, -0.2) is 5.11 Å². The molecule has 0 aliphatic rings. The van der Waals surface area contributed by atoms with E-state index in [1.165, 1.54) is 0 Å². The summed E-state index contributed by atoms with van der Waals surface area (Å²) in [5.41, 5.74) is 3.07. The van der Waals surface area contributed by atoms with Crippen LogP contribution in [0.1, 0.15) is 16.9 Å². The normalized spacial score (nSPS) is 10.6. The van der Waals surface area contributed by atoms with E-state index < -0.39 is 0 Å². The molecule has 2 nitrogen and oxygen atoms in total. The molecule has 0 radical (unpaired) electrons. The molecule has 0 bridgehead atoms. The highest BCUT2D eigenvalue weighted by Crippen LogP contribution is 2.24. The smallest absolute Gasteiger partial charge is 0.134 e. The van der Waals surface area contributed by atoms with E-state index in [4.69, 9.17) is 9.52 Å². The Labute approximate surface area is 89.2 Å². The molecular formula is C13H14O2. The third-order valence-corrected chi connectivity index (χ3v) is 2.34. The average Bonchev–Trinajstić information content (AvgIpc) is 2.64. The Morgan fingerprint density at radius 2 is 1.93 bits per heavy atom. The SMILES string of the molecule is Cc1cc(CO)cc(-c2ccc(C)o2)c1. The Kier molecular flexibility index (Phi) is 2.60. The van der Waals surface area contributed by atoms with E-state index in [9.17, 15) is 0 Å². The molecule has 0 amide bonds. The van der Waals surface area contributed by atoms with Crippen molar-refractivity contribution >= 4 is 0 Å². The Morgan fingerprint density at radius 1 is 1.13 bits per heavy atom. The fourth-order valence-electron chi connectivity index (χ4n) is 1.69. The molecule has 0 saturated heterocycles. The van der Waals surface area contributed by atoms with E-state index in [1.54, 1.807) is 0 Å². The van der Waals surface area contributed by atoms with Crippen molar-refractivity contribution in [2.24, 2.45) is 0 Å². The molecule has 2 aromatic rings. The fourth-order valence-corrected chi connectivity index (χ4v) is 1.69. The van der Waals surface area contributed by atoms with Gasteiger partial charge in [-0.1, -0.05) is 11.6 Å². The number of benzene rings is 1. The molecule has 78 valence electrons. The first-order valence-electron chi connectivity index (χ1n) is 4.97. The summed E-state index contributed by atoms with van der Waals surface area (Å²) < 4.78 is 5.54. The van der Waals surface area contributed by atoms with Crippen LogP contribution >= 0.6 is 0 Å². The molecular weight excluding hydrogens is 188 g/mol. The summed E-state index contributed by atoms with van der Waals surface area (Å²) in [5, 5.41) is 9.11. The van der Waals surface area contributed by atoms with Gasteiger partial charge in [0, 0.05) is 5.56 Å². The highest BCUT2D eigenvalue weighted by Gasteiger charge is 2.04. The van der Waals surface area contributed by atoms with Crippen molar-refractivity contribution in [1.29, 1.82) is 0 Å². The molecule has 1 heterocycles. The molecule has 0 aliphatic carbocycles. The van der Waals surface area contributed by atoms with Gasteiger partial charge >= 0.3 is 0 Å². The summed E-state index contributed by atoms with van der Waals surface area (Å²) in [4.78, 5) is 0.